The smallest absolute Gasteiger partial charge is 0.305 e. The topological polar surface area (TPSA) is 104 Å². The summed E-state index contributed by atoms with van der Waals surface area (Å²) in [5.74, 6) is -0.112. The number of ether oxygens (including phenoxy) is 1. The highest BCUT2D eigenvalue weighted by Gasteiger charge is 2.50. The van der Waals surface area contributed by atoms with Crippen molar-refractivity contribution in [2.24, 2.45) is 0 Å². The lowest BCUT2D eigenvalue weighted by molar-refractivity contribution is -0.146. The Morgan fingerprint density at radius 2 is 2.09 bits per heavy atom. The summed E-state index contributed by atoms with van der Waals surface area (Å²) in [6.45, 7) is 2.08. The quantitative estimate of drug-likeness (QED) is 0.546. The number of benzene rings is 1. The van der Waals surface area contributed by atoms with E-state index in [2.05, 4.69) is 21.7 Å². The van der Waals surface area contributed by atoms with E-state index >= 15 is 4.39 Å². The number of aliphatic carboxylic acids is 1. The van der Waals surface area contributed by atoms with Crippen LogP contribution < -0.4 is 15.4 Å². The minimum absolute atomic E-state index is 0.0140. The maximum absolute atomic E-state index is 15.3. The van der Waals surface area contributed by atoms with Crippen molar-refractivity contribution < 1.29 is 23.8 Å². The Bertz CT molecular complexity index is 1100. The number of fused-ring (bicyclic) bond motifs is 2. The number of alkyl halides is 1. The molecule has 0 bridgehead atoms. The first kappa shape index (κ1) is 22.6. The molecule has 180 valence electrons. The van der Waals surface area contributed by atoms with Crippen LogP contribution in [0.5, 0.6) is 5.75 Å². The minimum atomic E-state index is -2.03. The Hall–Kier alpha value is -3.20. The van der Waals surface area contributed by atoms with E-state index in [1.807, 2.05) is 17.0 Å². The number of rotatable bonds is 8. The van der Waals surface area contributed by atoms with Crippen molar-refractivity contribution in [2.45, 2.75) is 43.8 Å². The van der Waals surface area contributed by atoms with Crippen LogP contribution in [0.4, 0.5) is 10.2 Å². The van der Waals surface area contributed by atoms with Gasteiger partial charge in [-0.2, -0.15) is 0 Å². The third-order valence-electron chi connectivity index (χ3n) is 6.79. The number of anilines is 1. The van der Waals surface area contributed by atoms with Crippen molar-refractivity contribution in [3.8, 4) is 5.75 Å². The molecule has 34 heavy (non-hydrogen) atoms. The predicted octanol–water partition coefficient (Wildman–Crippen LogP) is 2.27. The second kappa shape index (κ2) is 9.21. The molecule has 9 heteroatoms. The first-order valence-corrected chi connectivity index (χ1v) is 11.8. The third-order valence-corrected chi connectivity index (χ3v) is 6.79. The van der Waals surface area contributed by atoms with Crippen LogP contribution in [0.15, 0.2) is 30.3 Å². The molecule has 3 aliphatic rings. The van der Waals surface area contributed by atoms with E-state index in [1.54, 1.807) is 12.1 Å². The summed E-state index contributed by atoms with van der Waals surface area (Å²) in [7, 11) is 0. The number of likely N-dealkylation sites (tertiary alicyclic amines) is 1. The zero-order valence-corrected chi connectivity index (χ0v) is 19.0. The number of pyridine rings is 1. The monoisotopic (exact) mass is 468 g/mol. The standard InChI is InChI=1S/C25H29FN4O4/c26-25(14-30(15-25)10-7-19-5-3-16-2-1-9-27-23(16)28-19)24(33)29-20(13-22(31)32)17-4-6-21-18(12-17)8-11-34-21/h3-6,12,20H,1-2,7-11,13-15H2,(H,27,28)(H,29,33)(H,31,32)/t20-/m0/s1. The first-order valence-electron chi connectivity index (χ1n) is 11.8. The van der Waals surface area contributed by atoms with Crippen molar-refractivity contribution in [3.05, 3.63) is 52.7 Å². The van der Waals surface area contributed by atoms with Gasteiger partial charge in [0.15, 0.2) is 0 Å². The van der Waals surface area contributed by atoms with Gasteiger partial charge in [-0.05, 0) is 47.7 Å². The largest absolute Gasteiger partial charge is 0.493 e. The van der Waals surface area contributed by atoms with Gasteiger partial charge in [0, 0.05) is 44.7 Å². The van der Waals surface area contributed by atoms with E-state index in [4.69, 9.17) is 4.74 Å². The van der Waals surface area contributed by atoms with E-state index < -0.39 is 23.6 Å². The van der Waals surface area contributed by atoms with Crippen molar-refractivity contribution in [1.29, 1.82) is 0 Å². The lowest BCUT2D eigenvalue weighted by Gasteiger charge is -2.43. The van der Waals surface area contributed by atoms with E-state index in [0.29, 0.717) is 25.1 Å². The molecule has 0 spiro atoms. The summed E-state index contributed by atoms with van der Waals surface area (Å²) >= 11 is 0. The van der Waals surface area contributed by atoms with Gasteiger partial charge >= 0.3 is 5.97 Å². The molecule has 1 atom stereocenters. The van der Waals surface area contributed by atoms with E-state index in [-0.39, 0.29) is 19.5 Å². The highest BCUT2D eigenvalue weighted by Crippen LogP contribution is 2.31. The molecule has 1 aromatic carbocycles. The molecule has 0 saturated carbocycles. The van der Waals surface area contributed by atoms with Crippen LogP contribution in [-0.4, -0.2) is 65.3 Å². The molecule has 0 unspecified atom stereocenters. The number of aromatic nitrogens is 1. The lowest BCUT2D eigenvalue weighted by atomic mass is 9.93. The predicted molar refractivity (Wildman–Crippen MR) is 124 cm³/mol. The lowest BCUT2D eigenvalue weighted by Crippen LogP contribution is -2.66. The summed E-state index contributed by atoms with van der Waals surface area (Å²) in [6, 6.07) is 8.66. The molecular formula is C25H29FN4O4. The Balaban J connectivity index is 1.17. The summed E-state index contributed by atoms with van der Waals surface area (Å²) in [4.78, 5) is 30.7. The van der Waals surface area contributed by atoms with Gasteiger partial charge in [0.05, 0.1) is 19.1 Å². The summed E-state index contributed by atoms with van der Waals surface area (Å²) in [6.07, 6.45) is 3.22. The van der Waals surface area contributed by atoms with E-state index in [9.17, 15) is 14.7 Å². The minimum Gasteiger partial charge on any atom is -0.493 e. The molecule has 2 aromatic rings. The second-order valence-electron chi connectivity index (χ2n) is 9.36. The van der Waals surface area contributed by atoms with Crippen LogP contribution in [0.25, 0.3) is 0 Å². The fraction of sp³-hybridized carbons (Fsp3) is 0.480. The highest BCUT2D eigenvalue weighted by atomic mass is 19.1. The van der Waals surface area contributed by atoms with Crippen LogP contribution >= 0.6 is 0 Å². The van der Waals surface area contributed by atoms with Gasteiger partial charge in [0.25, 0.3) is 5.91 Å². The van der Waals surface area contributed by atoms with Crippen LogP contribution in [0, 0.1) is 0 Å². The fourth-order valence-corrected chi connectivity index (χ4v) is 4.88. The zero-order valence-electron chi connectivity index (χ0n) is 19.0. The molecule has 4 heterocycles. The normalized spacial score (nSPS) is 19.1. The molecule has 1 saturated heterocycles. The van der Waals surface area contributed by atoms with Crippen LogP contribution in [-0.2, 0) is 28.9 Å². The molecule has 1 amide bonds. The van der Waals surface area contributed by atoms with E-state index in [1.165, 1.54) is 5.56 Å². The number of carbonyl (C=O) groups excluding carboxylic acids is 1. The number of amides is 1. The van der Waals surface area contributed by atoms with Crippen molar-refractivity contribution in [2.75, 3.05) is 38.1 Å². The molecule has 1 aromatic heterocycles. The fourth-order valence-electron chi connectivity index (χ4n) is 4.88. The Kier molecular flexibility index (Phi) is 6.12. The van der Waals surface area contributed by atoms with Crippen LogP contribution in [0.2, 0.25) is 0 Å². The van der Waals surface area contributed by atoms with E-state index in [0.717, 1.165) is 48.6 Å². The van der Waals surface area contributed by atoms with Crippen molar-refractivity contribution in [1.82, 2.24) is 15.2 Å². The number of halogens is 1. The van der Waals surface area contributed by atoms with Gasteiger partial charge < -0.3 is 20.5 Å². The molecule has 3 aliphatic heterocycles. The average molecular weight is 469 g/mol. The number of nitrogens with zero attached hydrogens (tertiary/aromatic N) is 2. The van der Waals surface area contributed by atoms with Crippen molar-refractivity contribution >= 4 is 17.7 Å². The number of carbonyl (C=O) groups is 2. The van der Waals surface area contributed by atoms with Crippen LogP contribution in [0.1, 0.15) is 41.3 Å². The molecular weight excluding hydrogens is 439 g/mol. The number of hydrogen-bond donors (Lipinski definition) is 3. The molecule has 3 N–H and O–H groups in total. The highest BCUT2D eigenvalue weighted by molar-refractivity contribution is 5.87. The van der Waals surface area contributed by atoms with Gasteiger partial charge in [0.1, 0.15) is 11.6 Å². The number of hydrogen-bond acceptors (Lipinski definition) is 6. The number of aryl methyl sites for hydroxylation is 1. The summed E-state index contributed by atoms with van der Waals surface area (Å²) in [5.41, 5.74) is 1.76. The molecule has 8 nitrogen and oxygen atoms in total. The van der Waals surface area contributed by atoms with Crippen LogP contribution in [0.3, 0.4) is 0 Å². The van der Waals surface area contributed by atoms with Gasteiger partial charge in [-0.15, -0.1) is 0 Å². The first-order chi connectivity index (χ1) is 16.4. The van der Waals surface area contributed by atoms with Gasteiger partial charge in [-0.1, -0.05) is 12.1 Å². The molecule has 0 radical (unpaired) electrons. The van der Waals surface area contributed by atoms with Crippen molar-refractivity contribution in [3.63, 3.8) is 0 Å². The third kappa shape index (κ3) is 4.70. The number of carboxylic acid groups (broad SMARTS) is 1. The molecule has 1 fully saturated rings. The number of nitrogens with one attached hydrogen (secondary N) is 2. The van der Waals surface area contributed by atoms with Gasteiger partial charge in [0.2, 0.25) is 5.67 Å². The van der Waals surface area contributed by atoms with Gasteiger partial charge in [-0.3, -0.25) is 14.5 Å². The number of carboxylic acids is 1. The molecule has 5 rings (SSSR count). The Morgan fingerprint density at radius 1 is 1.24 bits per heavy atom. The average Bonchev–Trinajstić information content (AvgIpc) is 3.28. The Morgan fingerprint density at radius 3 is 2.91 bits per heavy atom. The maximum atomic E-state index is 15.3. The summed E-state index contributed by atoms with van der Waals surface area (Å²) < 4.78 is 20.8. The Labute approximate surface area is 197 Å². The second-order valence-corrected chi connectivity index (χ2v) is 9.36. The zero-order chi connectivity index (χ0) is 23.7. The molecule has 0 aliphatic carbocycles. The summed E-state index contributed by atoms with van der Waals surface area (Å²) in [5, 5.41) is 15.3. The SMILES string of the molecule is O=C(O)C[C@H](NC(=O)C1(F)CN(CCc2ccc3c(n2)NCCC3)C1)c1ccc2c(c1)CCO2. The van der Waals surface area contributed by atoms with Gasteiger partial charge in [-0.25, -0.2) is 9.37 Å². The maximum Gasteiger partial charge on any atom is 0.305 e.